The number of rotatable bonds is 3. The number of sulfonamides is 1. The third-order valence-electron chi connectivity index (χ3n) is 1.83. The predicted octanol–water partition coefficient (Wildman–Crippen LogP) is 1.59. The molecule has 1 rings (SSSR count). The lowest BCUT2D eigenvalue weighted by molar-refractivity contribution is 0.0174. The van der Waals surface area contributed by atoms with Crippen LogP contribution in [0.3, 0.4) is 0 Å². The molecule has 15 heavy (non-hydrogen) atoms. The van der Waals surface area contributed by atoms with Crippen LogP contribution in [0.25, 0.3) is 0 Å². The van der Waals surface area contributed by atoms with E-state index < -0.39 is 15.9 Å². The number of benzene rings is 1. The van der Waals surface area contributed by atoms with Crippen LogP contribution in [0.4, 0.5) is 8.78 Å². The first kappa shape index (κ1) is 12.1. The summed E-state index contributed by atoms with van der Waals surface area (Å²) in [5.41, 5.74) is 0.242. The molecule has 6 heteroatoms. The molecule has 2 N–H and O–H groups in total. The molecular weight excluding hydrogens is 224 g/mol. The number of hydrogen-bond donors (Lipinski definition) is 1. The maximum atomic E-state index is 12.8. The molecule has 0 heterocycles. The van der Waals surface area contributed by atoms with E-state index in [0.717, 1.165) is 6.92 Å². The fraction of sp³-hybridized carbons (Fsp3) is 0.333. The van der Waals surface area contributed by atoms with Crippen LogP contribution in [0.5, 0.6) is 0 Å². The van der Waals surface area contributed by atoms with Gasteiger partial charge in [0.2, 0.25) is 10.0 Å². The van der Waals surface area contributed by atoms with Crippen molar-refractivity contribution >= 4 is 10.0 Å². The van der Waals surface area contributed by atoms with Crippen LogP contribution in [0.2, 0.25) is 0 Å². The highest BCUT2D eigenvalue weighted by atomic mass is 32.2. The Morgan fingerprint density at radius 3 is 2.07 bits per heavy atom. The first-order valence-corrected chi connectivity index (χ1v) is 5.88. The van der Waals surface area contributed by atoms with Gasteiger partial charge in [0, 0.05) is 12.5 Å². The van der Waals surface area contributed by atoms with Crippen molar-refractivity contribution in [3.63, 3.8) is 0 Å². The van der Waals surface area contributed by atoms with E-state index in [4.69, 9.17) is 5.14 Å². The largest absolute Gasteiger partial charge is 0.270 e. The molecule has 0 saturated carbocycles. The fourth-order valence-electron chi connectivity index (χ4n) is 1.13. The summed E-state index contributed by atoms with van der Waals surface area (Å²) >= 11 is 0. The Balaban J connectivity index is 2.91. The van der Waals surface area contributed by atoms with Crippen molar-refractivity contribution in [1.82, 2.24) is 0 Å². The number of alkyl halides is 2. The van der Waals surface area contributed by atoms with Crippen molar-refractivity contribution in [2.45, 2.75) is 18.6 Å². The Labute approximate surface area is 87.0 Å². The van der Waals surface area contributed by atoms with Crippen LogP contribution in [-0.4, -0.2) is 8.42 Å². The zero-order valence-corrected chi connectivity index (χ0v) is 8.89. The van der Waals surface area contributed by atoms with Gasteiger partial charge in [-0.05, 0) is 5.56 Å². The average Bonchev–Trinajstić information content (AvgIpc) is 2.00. The second-order valence-electron chi connectivity index (χ2n) is 3.39. The third-order valence-corrected chi connectivity index (χ3v) is 2.56. The summed E-state index contributed by atoms with van der Waals surface area (Å²) in [5, 5.41) is 4.82. The predicted molar refractivity (Wildman–Crippen MR) is 52.8 cm³/mol. The molecule has 0 aliphatic heterocycles. The van der Waals surface area contributed by atoms with E-state index in [0.29, 0.717) is 5.56 Å². The van der Waals surface area contributed by atoms with Gasteiger partial charge < -0.3 is 0 Å². The lowest BCUT2D eigenvalue weighted by Gasteiger charge is -2.10. The van der Waals surface area contributed by atoms with Gasteiger partial charge in [0.15, 0.2) is 0 Å². The maximum Gasteiger partial charge on any atom is 0.270 e. The van der Waals surface area contributed by atoms with Crippen molar-refractivity contribution in [3.05, 3.63) is 35.4 Å². The average molecular weight is 235 g/mol. The first-order chi connectivity index (χ1) is 6.68. The van der Waals surface area contributed by atoms with Gasteiger partial charge in [0.1, 0.15) is 0 Å². The van der Waals surface area contributed by atoms with E-state index in [1.165, 1.54) is 24.3 Å². The Kier molecular flexibility index (Phi) is 3.11. The number of halogens is 2. The lowest BCUT2D eigenvalue weighted by Crippen LogP contribution is -2.14. The quantitative estimate of drug-likeness (QED) is 0.864. The summed E-state index contributed by atoms with van der Waals surface area (Å²) < 4.78 is 47.0. The molecule has 1 aromatic rings. The van der Waals surface area contributed by atoms with Gasteiger partial charge in [-0.3, -0.25) is 0 Å². The molecule has 0 bridgehead atoms. The maximum absolute atomic E-state index is 12.8. The minimum absolute atomic E-state index is 0.152. The van der Waals surface area contributed by atoms with E-state index in [-0.39, 0.29) is 11.3 Å². The highest BCUT2D eigenvalue weighted by Gasteiger charge is 2.23. The minimum atomic E-state index is -3.61. The van der Waals surface area contributed by atoms with Crippen molar-refractivity contribution in [3.8, 4) is 0 Å². The van der Waals surface area contributed by atoms with Crippen LogP contribution >= 0.6 is 0 Å². The Bertz CT molecular complexity index is 434. The molecule has 0 saturated heterocycles. The van der Waals surface area contributed by atoms with Gasteiger partial charge in [-0.15, -0.1) is 0 Å². The molecular formula is C9H11F2NO2S. The molecule has 0 aliphatic rings. The monoisotopic (exact) mass is 235 g/mol. The van der Waals surface area contributed by atoms with Crippen molar-refractivity contribution < 1.29 is 17.2 Å². The summed E-state index contributed by atoms with van der Waals surface area (Å²) in [5.74, 6) is -3.26. The fourth-order valence-corrected chi connectivity index (χ4v) is 1.78. The van der Waals surface area contributed by atoms with Crippen LogP contribution in [0.15, 0.2) is 24.3 Å². The Morgan fingerprint density at radius 2 is 1.73 bits per heavy atom. The molecule has 1 aromatic carbocycles. The van der Waals surface area contributed by atoms with Gasteiger partial charge in [0.05, 0.1) is 5.75 Å². The third kappa shape index (κ3) is 3.93. The van der Waals surface area contributed by atoms with Crippen molar-refractivity contribution in [1.29, 1.82) is 0 Å². The van der Waals surface area contributed by atoms with Crippen LogP contribution in [0, 0.1) is 0 Å². The molecule has 0 fully saturated rings. The highest BCUT2D eigenvalue weighted by molar-refractivity contribution is 7.88. The molecule has 0 atom stereocenters. The summed E-state index contributed by atoms with van der Waals surface area (Å²) in [6, 6.07) is 5.05. The normalized spacial score (nSPS) is 12.8. The zero-order chi connectivity index (χ0) is 11.7. The number of hydrogen-bond acceptors (Lipinski definition) is 2. The van der Waals surface area contributed by atoms with Gasteiger partial charge in [-0.25, -0.2) is 22.3 Å². The van der Waals surface area contributed by atoms with E-state index >= 15 is 0 Å². The number of nitrogens with two attached hydrogens (primary N) is 1. The SMILES string of the molecule is CC(F)(F)c1ccc(CS(N)(=O)=O)cc1. The molecule has 3 nitrogen and oxygen atoms in total. The molecule has 84 valence electrons. The topological polar surface area (TPSA) is 60.2 Å². The van der Waals surface area contributed by atoms with Crippen molar-refractivity contribution in [2.75, 3.05) is 0 Å². The second kappa shape index (κ2) is 3.86. The van der Waals surface area contributed by atoms with Crippen LogP contribution in [-0.2, 0) is 21.7 Å². The molecule has 0 unspecified atom stereocenters. The zero-order valence-electron chi connectivity index (χ0n) is 8.07. The van der Waals surface area contributed by atoms with Gasteiger partial charge >= 0.3 is 0 Å². The molecule has 0 amide bonds. The summed E-state index contributed by atoms with van der Waals surface area (Å²) in [4.78, 5) is 0. The van der Waals surface area contributed by atoms with E-state index in [1.807, 2.05) is 0 Å². The van der Waals surface area contributed by atoms with E-state index in [9.17, 15) is 17.2 Å². The first-order valence-electron chi connectivity index (χ1n) is 4.16. The van der Waals surface area contributed by atoms with Gasteiger partial charge in [-0.1, -0.05) is 24.3 Å². The van der Waals surface area contributed by atoms with Crippen LogP contribution in [0.1, 0.15) is 18.1 Å². The Morgan fingerprint density at radius 1 is 1.27 bits per heavy atom. The van der Waals surface area contributed by atoms with Crippen LogP contribution < -0.4 is 5.14 Å². The number of primary sulfonamides is 1. The highest BCUT2D eigenvalue weighted by Crippen LogP contribution is 2.26. The van der Waals surface area contributed by atoms with Gasteiger partial charge in [-0.2, -0.15) is 0 Å². The molecule has 0 spiro atoms. The molecule has 0 aromatic heterocycles. The Hall–Kier alpha value is -1.01. The van der Waals surface area contributed by atoms with Gasteiger partial charge in [0.25, 0.3) is 5.92 Å². The smallest absolute Gasteiger partial charge is 0.228 e. The summed E-state index contributed by atoms with van der Waals surface area (Å²) in [6.45, 7) is 0.779. The molecule has 0 radical (unpaired) electrons. The standard InChI is InChI=1S/C9H11F2NO2S/c1-9(10,11)8-4-2-7(3-5-8)6-15(12,13)14/h2-5H,6H2,1H3,(H2,12,13,14). The summed E-state index contributed by atoms with van der Waals surface area (Å²) in [6.07, 6.45) is 0. The van der Waals surface area contributed by atoms with Crippen molar-refractivity contribution in [2.24, 2.45) is 5.14 Å². The second-order valence-corrected chi connectivity index (χ2v) is 5.01. The summed E-state index contributed by atoms with van der Waals surface area (Å²) in [7, 11) is -3.61. The molecule has 0 aliphatic carbocycles. The lowest BCUT2D eigenvalue weighted by atomic mass is 10.1. The minimum Gasteiger partial charge on any atom is -0.228 e. The van der Waals surface area contributed by atoms with E-state index in [1.54, 1.807) is 0 Å². The van der Waals surface area contributed by atoms with E-state index in [2.05, 4.69) is 0 Å².